The van der Waals surface area contributed by atoms with Crippen LogP contribution in [0.25, 0.3) is 0 Å². The Balaban J connectivity index is -0.000000126. The molecule has 116 valence electrons. The molecule has 0 radical (unpaired) electrons. The number of hydrogen-bond donors (Lipinski definition) is 5. The minimum atomic E-state index is -5.55. The molecule has 0 rings (SSSR count). The van der Waals surface area contributed by atoms with Crippen molar-refractivity contribution in [2.24, 2.45) is 11.5 Å². The van der Waals surface area contributed by atoms with Crippen LogP contribution < -0.4 is 102 Å². The van der Waals surface area contributed by atoms with E-state index >= 15 is 0 Å². The molecule has 0 bridgehead atoms. The average Bonchev–Trinajstić information content (AvgIpc) is 2.12. The van der Waals surface area contributed by atoms with Crippen LogP contribution in [0.15, 0.2) is 0 Å². The number of unbranched alkanes of at least 4 members (excludes halogenated alkanes) is 1. The quantitative estimate of drug-likeness (QED) is 0.157. The summed E-state index contributed by atoms with van der Waals surface area (Å²) in [4.78, 5) is 44.3. The van der Waals surface area contributed by atoms with Gasteiger partial charge >= 0.3 is 94.7 Å². The minimum absolute atomic E-state index is 0. The van der Waals surface area contributed by atoms with Gasteiger partial charge in [0.25, 0.3) is 0 Å². The Morgan fingerprint density at radius 3 is 1.86 bits per heavy atom. The summed E-state index contributed by atoms with van der Waals surface area (Å²) in [5.74, 6) is -0.933. The number of aliphatic carboxylic acids is 1. The first-order valence-corrected chi connectivity index (χ1v) is 7.85. The van der Waals surface area contributed by atoms with E-state index in [1.807, 2.05) is 0 Å². The Bertz CT molecular complexity index is 342. The molecule has 0 aliphatic carbocycles. The maximum atomic E-state index is 10.1. The van der Waals surface area contributed by atoms with Crippen molar-refractivity contribution in [3.8, 4) is 0 Å². The Labute approximate surface area is 186 Å². The molecule has 0 aromatic rings. The number of rotatable bonds is 7. The first-order valence-electron chi connectivity index (χ1n) is 4.86. The topological polar surface area (TPSA) is 219 Å². The van der Waals surface area contributed by atoms with Crippen molar-refractivity contribution in [2.75, 3.05) is 6.54 Å². The second-order valence-corrected chi connectivity index (χ2v) is 5.78. The molecule has 0 aliphatic heterocycles. The molecule has 0 aliphatic rings. The van der Waals surface area contributed by atoms with E-state index in [0.29, 0.717) is 13.0 Å². The maximum Gasteiger partial charge on any atom is 1.00 e. The molecule has 0 aromatic heterocycles. The van der Waals surface area contributed by atoms with Crippen LogP contribution >= 0.6 is 15.6 Å². The van der Waals surface area contributed by atoms with E-state index in [2.05, 4.69) is 4.31 Å². The molecular formula is C6H16KN2NaO9P2. The van der Waals surface area contributed by atoms with Gasteiger partial charge in [0.05, 0.1) is 7.82 Å². The fourth-order valence-corrected chi connectivity index (χ4v) is 1.80. The molecule has 0 spiro atoms. The summed E-state index contributed by atoms with van der Waals surface area (Å²) in [7, 11) is -10.7. The Morgan fingerprint density at radius 1 is 1.24 bits per heavy atom. The van der Waals surface area contributed by atoms with Gasteiger partial charge in [-0.15, -0.1) is 0 Å². The second kappa shape index (κ2) is 15.8. The van der Waals surface area contributed by atoms with E-state index in [9.17, 15) is 23.7 Å². The molecule has 7 N–H and O–H groups in total. The SMILES string of the molecule is NCCCC[C@H](N)C(=O)O.O=P([O-])([O-])OP(=O)(O)O.[K+].[Na+]. The molecule has 0 fully saturated rings. The number of phosphoric acid groups is 2. The normalized spacial score (nSPS) is 12.1. The van der Waals surface area contributed by atoms with Crippen LogP contribution in [0.5, 0.6) is 0 Å². The summed E-state index contributed by atoms with van der Waals surface area (Å²) in [6, 6.07) is -0.716. The number of carboxylic acid groups (broad SMARTS) is 1. The molecule has 0 amide bonds. The van der Waals surface area contributed by atoms with Crippen molar-refractivity contribution < 1.29 is 124 Å². The first kappa shape index (κ1) is 31.1. The van der Waals surface area contributed by atoms with Crippen LogP contribution in [0.2, 0.25) is 0 Å². The first-order chi connectivity index (χ1) is 8.39. The number of hydrogen-bond acceptors (Lipinski definition) is 8. The van der Waals surface area contributed by atoms with Crippen LogP contribution in [0.1, 0.15) is 19.3 Å². The van der Waals surface area contributed by atoms with Gasteiger partial charge in [-0.3, -0.25) is 9.11 Å². The van der Waals surface area contributed by atoms with Gasteiger partial charge in [-0.1, -0.05) is 6.42 Å². The van der Waals surface area contributed by atoms with E-state index < -0.39 is 27.7 Å². The Hall–Kier alpha value is 2.29. The summed E-state index contributed by atoms with van der Waals surface area (Å²) in [5, 5.41) is 8.33. The fourth-order valence-electron chi connectivity index (χ4n) is 0.762. The molecule has 0 unspecified atom stereocenters. The van der Waals surface area contributed by atoms with Crippen LogP contribution in [-0.4, -0.2) is 33.4 Å². The summed E-state index contributed by atoms with van der Waals surface area (Å²) in [6.07, 6.45) is 2.16. The predicted molar refractivity (Wildman–Crippen MR) is 59.3 cm³/mol. The van der Waals surface area contributed by atoms with Gasteiger partial charge in [0.1, 0.15) is 6.04 Å². The van der Waals surface area contributed by atoms with Crippen molar-refractivity contribution in [1.82, 2.24) is 0 Å². The zero-order valence-corrected chi connectivity index (χ0v) is 18.7. The number of carboxylic acids is 1. The summed E-state index contributed by atoms with van der Waals surface area (Å²) >= 11 is 0. The van der Waals surface area contributed by atoms with E-state index in [1.54, 1.807) is 0 Å². The largest absolute Gasteiger partial charge is 1.00 e. The third-order valence-corrected chi connectivity index (χ3v) is 3.14. The Kier molecular flexibility index (Phi) is 23.4. The standard InChI is InChI=1S/C6H14N2O2.K.Na.H4O7P2/c7-4-2-1-3-5(8)6(9)10;;;1-8(2,3)7-9(4,5)6/h5H,1-4,7-8H2,(H,9,10);;;(H2,1,2,3)(H2,4,5,6)/q;2*+1;/p-2/t5-;;;/m0.../s1. The van der Waals surface area contributed by atoms with Crippen molar-refractivity contribution in [3.05, 3.63) is 0 Å². The Morgan fingerprint density at radius 2 is 1.67 bits per heavy atom. The van der Waals surface area contributed by atoms with E-state index in [0.717, 1.165) is 12.8 Å². The van der Waals surface area contributed by atoms with Gasteiger partial charge in [0.15, 0.2) is 0 Å². The zero-order valence-electron chi connectivity index (χ0n) is 11.7. The van der Waals surface area contributed by atoms with Crippen molar-refractivity contribution in [1.29, 1.82) is 0 Å². The van der Waals surface area contributed by atoms with Crippen LogP contribution in [0.4, 0.5) is 0 Å². The second-order valence-electron chi connectivity index (χ2n) is 3.25. The molecule has 15 heteroatoms. The smallest absolute Gasteiger partial charge is 0.789 e. The molecule has 11 nitrogen and oxygen atoms in total. The van der Waals surface area contributed by atoms with E-state index in [-0.39, 0.29) is 80.9 Å². The average molecular weight is 384 g/mol. The molecule has 1 atom stereocenters. The zero-order chi connectivity index (χ0) is 15.7. The van der Waals surface area contributed by atoms with Crippen LogP contribution in [0.3, 0.4) is 0 Å². The molecule has 0 saturated heterocycles. The summed E-state index contributed by atoms with van der Waals surface area (Å²) in [5.41, 5.74) is 10.4. The van der Waals surface area contributed by atoms with Gasteiger partial charge in [-0.2, -0.15) is 0 Å². The molecular weight excluding hydrogens is 368 g/mol. The van der Waals surface area contributed by atoms with Crippen LogP contribution in [0, 0.1) is 0 Å². The summed E-state index contributed by atoms with van der Waals surface area (Å²) < 4.78 is 21.7. The number of nitrogens with two attached hydrogens (primary N) is 2. The van der Waals surface area contributed by atoms with E-state index in [1.165, 1.54) is 0 Å². The molecule has 0 aromatic carbocycles. The van der Waals surface area contributed by atoms with Crippen molar-refractivity contribution in [2.45, 2.75) is 25.3 Å². The summed E-state index contributed by atoms with van der Waals surface area (Å²) in [6.45, 7) is 0.604. The van der Waals surface area contributed by atoms with Gasteiger partial charge < -0.3 is 40.7 Å². The minimum Gasteiger partial charge on any atom is -0.789 e. The molecule has 21 heavy (non-hydrogen) atoms. The van der Waals surface area contributed by atoms with Crippen LogP contribution in [-0.2, 0) is 18.2 Å². The van der Waals surface area contributed by atoms with Crippen molar-refractivity contribution in [3.63, 3.8) is 0 Å². The van der Waals surface area contributed by atoms with Gasteiger partial charge in [0.2, 0.25) is 0 Å². The van der Waals surface area contributed by atoms with Crippen molar-refractivity contribution >= 4 is 21.6 Å². The fraction of sp³-hybridized carbons (Fsp3) is 0.833. The number of carbonyl (C=O) groups is 1. The van der Waals surface area contributed by atoms with E-state index in [4.69, 9.17) is 26.4 Å². The maximum absolute atomic E-state index is 10.1. The third-order valence-electron chi connectivity index (χ3n) is 1.49. The predicted octanol–water partition coefficient (Wildman–Crippen LogP) is -8.54. The monoisotopic (exact) mass is 384 g/mol. The van der Waals surface area contributed by atoms with Gasteiger partial charge in [-0.25, -0.2) is 4.57 Å². The van der Waals surface area contributed by atoms with Gasteiger partial charge in [0, 0.05) is 0 Å². The molecule has 0 heterocycles. The molecule has 0 saturated carbocycles. The van der Waals surface area contributed by atoms with Gasteiger partial charge in [-0.05, 0) is 19.4 Å². The third kappa shape index (κ3) is 30.7.